The third-order valence-electron chi connectivity index (χ3n) is 4.05. The number of nitrogens with two attached hydrogens (primary N) is 1. The molecule has 2 rings (SSSR count). The standard InChI is InChI=1S/C20H22N2O7S/c1-11-6-4-5-7-13(11)19(25)29-10-14(23)22-18-15(20(26)28-9-8-27-3)12(2)16(30-18)17(21)24/h4-7H,8-10H2,1-3H3,(H2,21,24)(H,22,23). The molecular formula is C20H22N2O7S. The van der Waals surface area contributed by atoms with Crippen LogP contribution < -0.4 is 11.1 Å². The maximum Gasteiger partial charge on any atom is 0.341 e. The van der Waals surface area contributed by atoms with E-state index in [9.17, 15) is 19.2 Å². The zero-order chi connectivity index (χ0) is 22.3. The van der Waals surface area contributed by atoms with Gasteiger partial charge in [0.1, 0.15) is 11.6 Å². The molecule has 0 aliphatic carbocycles. The van der Waals surface area contributed by atoms with Crippen molar-refractivity contribution in [2.45, 2.75) is 13.8 Å². The summed E-state index contributed by atoms with van der Waals surface area (Å²) in [5.74, 6) is -2.81. The second-order valence-electron chi connectivity index (χ2n) is 6.19. The molecule has 0 saturated carbocycles. The van der Waals surface area contributed by atoms with Gasteiger partial charge in [0, 0.05) is 7.11 Å². The number of amides is 2. The lowest BCUT2D eigenvalue weighted by atomic mass is 10.1. The first kappa shape index (κ1) is 23.0. The molecule has 1 heterocycles. The number of benzene rings is 1. The average Bonchev–Trinajstić information content (AvgIpc) is 3.02. The zero-order valence-electron chi connectivity index (χ0n) is 16.8. The van der Waals surface area contributed by atoms with E-state index in [4.69, 9.17) is 19.9 Å². The van der Waals surface area contributed by atoms with Crippen LogP contribution >= 0.6 is 11.3 Å². The van der Waals surface area contributed by atoms with Crippen molar-refractivity contribution in [1.29, 1.82) is 0 Å². The van der Waals surface area contributed by atoms with E-state index in [1.54, 1.807) is 31.2 Å². The third kappa shape index (κ3) is 5.65. The lowest BCUT2D eigenvalue weighted by Gasteiger charge is -2.09. The van der Waals surface area contributed by atoms with Gasteiger partial charge in [-0.25, -0.2) is 9.59 Å². The molecule has 3 N–H and O–H groups in total. The van der Waals surface area contributed by atoms with Crippen molar-refractivity contribution in [2.75, 3.05) is 32.2 Å². The number of hydrogen-bond acceptors (Lipinski definition) is 8. The second kappa shape index (κ2) is 10.5. The molecule has 0 aliphatic rings. The molecule has 1 aromatic heterocycles. The van der Waals surface area contributed by atoms with E-state index >= 15 is 0 Å². The minimum Gasteiger partial charge on any atom is -0.460 e. The van der Waals surface area contributed by atoms with Gasteiger partial charge in [-0.05, 0) is 31.0 Å². The van der Waals surface area contributed by atoms with Gasteiger partial charge in [-0.1, -0.05) is 18.2 Å². The van der Waals surface area contributed by atoms with E-state index in [1.165, 1.54) is 14.0 Å². The molecule has 0 aliphatic heterocycles. The minimum atomic E-state index is -0.741. The Labute approximate surface area is 177 Å². The SMILES string of the molecule is COCCOC(=O)c1c(NC(=O)COC(=O)c2ccccc2C)sc(C(N)=O)c1C. The fourth-order valence-corrected chi connectivity index (χ4v) is 3.61. The van der Waals surface area contributed by atoms with Gasteiger partial charge >= 0.3 is 11.9 Å². The smallest absolute Gasteiger partial charge is 0.341 e. The molecule has 2 aromatic rings. The first-order valence-electron chi connectivity index (χ1n) is 8.88. The molecule has 0 saturated heterocycles. The summed E-state index contributed by atoms with van der Waals surface area (Å²) in [5, 5.41) is 2.57. The molecule has 9 nitrogen and oxygen atoms in total. The van der Waals surface area contributed by atoms with Crippen LogP contribution in [0.5, 0.6) is 0 Å². The summed E-state index contributed by atoms with van der Waals surface area (Å²) in [5.41, 5.74) is 6.71. The van der Waals surface area contributed by atoms with E-state index in [1.807, 2.05) is 0 Å². The van der Waals surface area contributed by atoms with E-state index in [2.05, 4.69) is 5.32 Å². The number of aryl methyl sites for hydroxylation is 1. The average molecular weight is 434 g/mol. The number of rotatable bonds is 9. The van der Waals surface area contributed by atoms with E-state index in [-0.39, 0.29) is 28.7 Å². The predicted octanol–water partition coefficient (Wildman–Crippen LogP) is 2.06. The Hall–Kier alpha value is -3.24. The minimum absolute atomic E-state index is 0.00203. The molecule has 2 amide bonds. The quantitative estimate of drug-likeness (QED) is 0.456. The fraction of sp³-hybridized carbons (Fsp3) is 0.300. The van der Waals surface area contributed by atoms with Crippen molar-refractivity contribution in [3.05, 3.63) is 51.4 Å². The van der Waals surface area contributed by atoms with Crippen LogP contribution in [0.2, 0.25) is 0 Å². The number of ether oxygens (including phenoxy) is 3. The molecule has 10 heteroatoms. The van der Waals surface area contributed by atoms with Crippen molar-refractivity contribution in [3.8, 4) is 0 Å². The number of carbonyl (C=O) groups is 4. The summed E-state index contributed by atoms with van der Waals surface area (Å²) < 4.78 is 15.0. The molecule has 0 atom stereocenters. The lowest BCUT2D eigenvalue weighted by Crippen LogP contribution is -2.22. The van der Waals surface area contributed by atoms with E-state index < -0.39 is 30.4 Å². The summed E-state index contributed by atoms with van der Waals surface area (Å²) in [6.45, 7) is 2.88. The van der Waals surface area contributed by atoms with Gasteiger partial charge in [-0.15, -0.1) is 11.3 Å². The Morgan fingerprint density at radius 3 is 2.37 bits per heavy atom. The number of esters is 2. The maximum atomic E-state index is 12.4. The number of nitrogens with one attached hydrogen (secondary N) is 1. The highest BCUT2D eigenvalue weighted by Gasteiger charge is 2.26. The van der Waals surface area contributed by atoms with Gasteiger partial charge in [0.15, 0.2) is 6.61 Å². The number of carbonyl (C=O) groups excluding carboxylic acids is 4. The first-order valence-corrected chi connectivity index (χ1v) is 9.69. The van der Waals surface area contributed by atoms with Gasteiger partial charge < -0.3 is 25.3 Å². The van der Waals surface area contributed by atoms with Gasteiger partial charge in [0.05, 0.1) is 22.6 Å². The number of hydrogen-bond donors (Lipinski definition) is 2. The normalized spacial score (nSPS) is 10.4. The summed E-state index contributed by atoms with van der Waals surface area (Å²) >= 11 is 0.844. The largest absolute Gasteiger partial charge is 0.460 e. The first-order chi connectivity index (χ1) is 14.3. The highest BCUT2D eigenvalue weighted by Crippen LogP contribution is 2.33. The highest BCUT2D eigenvalue weighted by atomic mass is 32.1. The van der Waals surface area contributed by atoms with Gasteiger partial charge in [0.2, 0.25) is 0 Å². The molecule has 0 bridgehead atoms. The van der Waals surface area contributed by atoms with Crippen LogP contribution in [0.3, 0.4) is 0 Å². The zero-order valence-corrected chi connectivity index (χ0v) is 17.6. The van der Waals surface area contributed by atoms with Gasteiger partial charge in [-0.2, -0.15) is 0 Å². The summed E-state index contributed by atoms with van der Waals surface area (Å²) in [6, 6.07) is 6.80. The molecule has 0 spiro atoms. The Bertz CT molecular complexity index is 968. The Morgan fingerprint density at radius 2 is 1.73 bits per heavy atom. The molecule has 0 fully saturated rings. The van der Waals surface area contributed by atoms with E-state index in [0.717, 1.165) is 11.3 Å². The van der Waals surface area contributed by atoms with Gasteiger partial charge in [-0.3, -0.25) is 9.59 Å². The van der Waals surface area contributed by atoms with Crippen LogP contribution in [-0.2, 0) is 19.0 Å². The van der Waals surface area contributed by atoms with Crippen LogP contribution in [0.4, 0.5) is 5.00 Å². The Balaban J connectivity index is 2.12. The van der Waals surface area contributed by atoms with Crippen LogP contribution in [0, 0.1) is 13.8 Å². The third-order valence-corrected chi connectivity index (χ3v) is 5.27. The van der Waals surface area contributed by atoms with Gasteiger partial charge in [0.25, 0.3) is 11.8 Å². The number of methoxy groups -OCH3 is 1. The van der Waals surface area contributed by atoms with Crippen molar-refractivity contribution < 1.29 is 33.4 Å². The highest BCUT2D eigenvalue weighted by molar-refractivity contribution is 7.18. The topological polar surface area (TPSA) is 134 Å². The number of thiophene rings is 1. The van der Waals surface area contributed by atoms with Crippen LogP contribution in [0.1, 0.15) is 41.5 Å². The molecular weight excluding hydrogens is 412 g/mol. The van der Waals surface area contributed by atoms with Crippen molar-refractivity contribution >= 4 is 40.1 Å². The number of primary amides is 1. The van der Waals surface area contributed by atoms with E-state index in [0.29, 0.717) is 16.7 Å². The summed E-state index contributed by atoms with van der Waals surface area (Å²) in [6.07, 6.45) is 0. The monoisotopic (exact) mass is 434 g/mol. The van der Waals surface area contributed by atoms with Crippen molar-refractivity contribution in [3.63, 3.8) is 0 Å². The predicted molar refractivity (Wildman–Crippen MR) is 110 cm³/mol. The molecule has 0 unspecified atom stereocenters. The molecule has 0 radical (unpaired) electrons. The van der Waals surface area contributed by atoms with Crippen molar-refractivity contribution in [1.82, 2.24) is 0 Å². The summed E-state index contributed by atoms with van der Waals surface area (Å²) in [7, 11) is 1.46. The second-order valence-corrected chi connectivity index (χ2v) is 7.21. The Morgan fingerprint density at radius 1 is 1.03 bits per heavy atom. The summed E-state index contributed by atoms with van der Waals surface area (Å²) in [4.78, 5) is 48.6. The maximum absolute atomic E-state index is 12.4. The molecule has 30 heavy (non-hydrogen) atoms. The Kier molecular flexibility index (Phi) is 8.07. The lowest BCUT2D eigenvalue weighted by molar-refractivity contribution is -0.119. The van der Waals surface area contributed by atoms with Crippen LogP contribution in [0.25, 0.3) is 0 Å². The molecule has 1 aromatic carbocycles. The van der Waals surface area contributed by atoms with Crippen LogP contribution in [-0.4, -0.2) is 50.7 Å². The number of anilines is 1. The van der Waals surface area contributed by atoms with Crippen molar-refractivity contribution in [2.24, 2.45) is 5.73 Å². The fourth-order valence-electron chi connectivity index (χ4n) is 2.55. The van der Waals surface area contributed by atoms with Crippen LogP contribution in [0.15, 0.2) is 24.3 Å². The molecule has 160 valence electrons.